The molecule has 0 aromatic heterocycles. The lowest BCUT2D eigenvalue weighted by molar-refractivity contribution is -0.141. The van der Waals surface area contributed by atoms with Gasteiger partial charge in [0.15, 0.2) is 11.5 Å². The van der Waals surface area contributed by atoms with Gasteiger partial charge in [-0.05, 0) is 67.3 Å². The van der Waals surface area contributed by atoms with Crippen LogP contribution >= 0.6 is 0 Å². The van der Waals surface area contributed by atoms with Crippen LogP contribution in [0, 0.1) is 11.3 Å². The number of hydrogen-bond donors (Lipinski definition) is 0. The van der Waals surface area contributed by atoms with E-state index in [9.17, 15) is 14.9 Å². The van der Waals surface area contributed by atoms with E-state index in [0.29, 0.717) is 41.6 Å². The van der Waals surface area contributed by atoms with Gasteiger partial charge in [0, 0.05) is 5.57 Å². The molecule has 0 unspecified atom stereocenters. The van der Waals surface area contributed by atoms with Crippen LogP contribution in [0.2, 0.25) is 0 Å². The molecule has 2 aromatic carbocycles. The van der Waals surface area contributed by atoms with Crippen molar-refractivity contribution in [2.24, 2.45) is 0 Å². The fourth-order valence-corrected chi connectivity index (χ4v) is 3.57. The van der Waals surface area contributed by atoms with Gasteiger partial charge in [-0.1, -0.05) is 25.1 Å². The highest BCUT2D eigenvalue weighted by Gasteiger charge is 2.35. The highest BCUT2D eigenvalue weighted by Crippen LogP contribution is 2.32. The molecular weight excluding hydrogens is 432 g/mol. The summed E-state index contributed by atoms with van der Waals surface area (Å²) in [5.74, 6) is 0.812. The summed E-state index contributed by atoms with van der Waals surface area (Å²) in [6.07, 6.45) is 2.54. The maximum atomic E-state index is 13.4. The van der Waals surface area contributed by atoms with Crippen LogP contribution in [0.25, 0.3) is 6.08 Å². The molecule has 0 spiro atoms. The minimum absolute atomic E-state index is 0.0471. The first kappa shape index (κ1) is 24.6. The van der Waals surface area contributed by atoms with E-state index in [-0.39, 0.29) is 17.7 Å². The van der Waals surface area contributed by atoms with Gasteiger partial charge < -0.3 is 14.2 Å². The largest absolute Gasteiger partial charge is 0.497 e. The third-order valence-electron chi connectivity index (χ3n) is 5.37. The lowest BCUT2D eigenvalue weighted by atomic mass is 9.93. The van der Waals surface area contributed by atoms with E-state index in [1.165, 1.54) is 0 Å². The molecule has 7 nitrogen and oxygen atoms in total. The van der Waals surface area contributed by atoms with E-state index in [2.05, 4.69) is 0 Å². The first-order valence-corrected chi connectivity index (χ1v) is 11.1. The van der Waals surface area contributed by atoms with E-state index >= 15 is 0 Å². The Kier molecular flexibility index (Phi) is 8.10. The lowest BCUT2D eigenvalue weighted by Gasteiger charge is -2.27. The van der Waals surface area contributed by atoms with Gasteiger partial charge in [0.25, 0.3) is 11.8 Å². The van der Waals surface area contributed by atoms with Crippen LogP contribution in [0.5, 0.6) is 17.2 Å². The standard InChI is InChI=1S/C27H28N2O5/c1-5-13-34-24-12-9-20(15-25(24)33-6-2)14-22-18(3)23(16-28)27(31)29(26(22)30)17-19-7-10-21(32-4)11-8-19/h7-12,14-15H,5-6,13,17H2,1-4H3/b22-14+. The Morgan fingerprint density at radius 2 is 1.74 bits per heavy atom. The number of methoxy groups -OCH3 is 1. The molecule has 34 heavy (non-hydrogen) atoms. The van der Waals surface area contributed by atoms with Crippen LogP contribution in [0.3, 0.4) is 0 Å². The van der Waals surface area contributed by atoms with Gasteiger partial charge in [-0.3, -0.25) is 14.5 Å². The molecule has 0 aliphatic carbocycles. The number of imide groups is 1. The van der Waals surface area contributed by atoms with E-state index < -0.39 is 11.8 Å². The van der Waals surface area contributed by atoms with Gasteiger partial charge in [0.1, 0.15) is 17.4 Å². The molecule has 1 aliphatic heterocycles. The van der Waals surface area contributed by atoms with Crippen molar-refractivity contribution >= 4 is 17.9 Å². The predicted octanol–water partition coefficient (Wildman–Crippen LogP) is 4.68. The number of benzene rings is 2. The summed E-state index contributed by atoms with van der Waals surface area (Å²) in [6.45, 7) is 6.60. The molecule has 176 valence electrons. The summed E-state index contributed by atoms with van der Waals surface area (Å²) in [5.41, 5.74) is 2.04. The van der Waals surface area contributed by atoms with E-state index in [1.807, 2.05) is 26.0 Å². The first-order valence-electron chi connectivity index (χ1n) is 11.1. The zero-order valence-corrected chi connectivity index (χ0v) is 19.9. The number of carbonyl (C=O) groups is 2. The summed E-state index contributed by atoms with van der Waals surface area (Å²) in [5, 5.41) is 9.64. The number of hydrogen-bond acceptors (Lipinski definition) is 6. The summed E-state index contributed by atoms with van der Waals surface area (Å²) in [7, 11) is 1.57. The lowest BCUT2D eigenvalue weighted by Crippen LogP contribution is -2.42. The zero-order chi connectivity index (χ0) is 24.7. The summed E-state index contributed by atoms with van der Waals surface area (Å²) < 4.78 is 16.6. The van der Waals surface area contributed by atoms with Crippen molar-refractivity contribution in [1.82, 2.24) is 4.90 Å². The number of rotatable bonds is 9. The molecule has 1 heterocycles. The van der Waals surface area contributed by atoms with Crippen LogP contribution in [0.15, 0.2) is 59.2 Å². The van der Waals surface area contributed by atoms with Crippen LogP contribution in [-0.4, -0.2) is 37.0 Å². The second kappa shape index (κ2) is 11.2. The van der Waals surface area contributed by atoms with Crippen LogP contribution in [0.4, 0.5) is 0 Å². The molecular formula is C27H28N2O5. The zero-order valence-electron chi connectivity index (χ0n) is 19.9. The van der Waals surface area contributed by atoms with Gasteiger partial charge in [-0.2, -0.15) is 5.26 Å². The van der Waals surface area contributed by atoms with E-state index in [1.54, 1.807) is 56.5 Å². The Morgan fingerprint density at radius 1 is 1.00 bits per heavy atom. The highest BCUT2D eigenvalue weighted by molar-refractivity contribution is 6.19. The van der Waals surface area contributed by atoms with Crippen LogP contribution < -0.4 is 14.2 Å². The van der Waals surface area contributed by atoms with Gasteiger partial charge in [0.2, 0.25) is 0 Å². The predicted molar refractivity (Wildman–Crippen MR) is 128 cm³/mol. The minimum atomic E-state index is -0.601. The van der Waals surface area contributed by atoms with Crippen LogP contribution in [0.1, 0.15) is 38.3 Å². The average Bonchev–Trinajstić information content (AvgIpc) is 2.85. The molecule has 0 saturated carbocycles. The fraction of sp³-hybridized carbons (Fsp3) is 0.296. The molecule has 0 fully saturated rings. The van der Waals surface area contributed by atoms with Crippen molar-refractivity contribution < 1.29 is 23.8 Å². The fourth-order valence-electron chi connectivity index (χ4n) is 3.57. The summed E-state index contributed by atoms with van der Waals surface area (Å²) >= 11 is 0. The summed E-state index contributed by atoms with van der Waals surface area (Å²) in [6, 6.07) is 14.5. The maximum Gasteiger partial charge on any atom is 0.271 e. The van der Waals surface area contributed by atoms with Crippen molar-refractivity contribution in [3.63, 3.8) is 0 Å². The maximum absolute atomic E-state index is 13.4. The molecule has 0 atom stereocenters. The number of carbonyl (C=O) groups excluding carboxylic acids is 2. The quantitative estimate of drug-likeness (QED) is 0.399. The Hall–Kier alpha value is -4.05. The third kappa shape index (κ3) is 5.29. The third-order valence-corrected chi connectivity index (χ3v) is 5.37. The molecule has 3 rings (SSSR count). The molecule has 0 bridgehead atoms. The van der Waals surface area contributed by atoms with Crippen molar-refractivity contribution in [2.45, 2.75) is 33.7 Å². The van der Waals surface area contributed by atoms with E-state index in [0.717, 1.165) is 16.9 Å². The molecule has 0 radical (unpaired) electrons. The Balaban J connectivity index is 1.99. The van der Waals surface area contributed by atoms with Gasteiger partial charge in [-0.15, -0.1) is 0 Å². The normalized spacial score (nSPS) is 14.9. The second-order valence-electron chi connectivity index (χ2n) is 7.70. The molecule has 2 aromatic rings. The topological polar surface area (TPSA) is 88.9 Å². The van der Waals surface area contributed by atoms with Crippen molar-refractivity contribution in [1.29, 1.82) is 5.26 Å². The second-order valence-corrected chi connectivity index (χ2v) is 7.70. The molecule has 0 N–H and O–H groups in total. The van der Waals surface area contributed by atoms with Crippen molar-refractivity contribution in [3.8, 4) is 23.3 Å². The van der Waals surface area contributed by atoms with Crippen LogP contribution in [-0.2, 0) is 16.1 Å². The number of ether oxygens (including phenoxy) is 3. The number of amides is 2. The minimum Gasteiger partial charge on any atom is -0.497 e. The van der Waals surface area contributed by atoms with Gasteiger partial charge >= 0.3 is 0 Å². The monoisotopic (exact) mass is 460 g/mol. The van der Waals surface area contributed by atoms with Crippen molar-refractivity contribution in [3.05, 3.63) is 70.3 Å². The Labute approximate surface area is 199 Å². The Morgan fingerprint density at radius 3 is 2.35 bits per heavy atom. The molecule has 0 saturated heterocycles. The molecule has 1 aliphatic rings. The van der Waals surface area contributed by atoms with E-state index in [4.69, 9.17) is 14.2 Å². The Bertz CT molecular complexity index is 1170. The molecule has 7 heteroatoms. The average molecular weight is 461 g/mol. The SMILES string of the molecule is CCCOc1ccc(/C=C2/C(=O)N(Cc3ccc(OC)cc3)C(=O)C(C#N)=C2C)cc1OCC. The highest BCUT2D eigenvalue weighted by atomic mass is 16.5. The van der Waals surface area contributed by atoms with Gasteiger partial charge in [-0.25, -0.2) is 0 Å². The number of nitriles is 1. The first-order chi connectivity index (χ1) is 16.4. The number of nitrogens with zero attached hydrogens (tertiary/aromatic N) is 2. The van der Waals surface area contributed by atoms with Crippen molar-refractivity contribution in [2.75, 3.05) is 20.3 Å². The summed E-state index contributed by atoms with van der Waals surface area (Å²) in [4.78, 5) is 27.4. The smallest absolute Gasteiger partial charge is 0.271 e. The molecule has 2 amide bonds. The van der Waals surface area contributed by atoms with Gasteiger partial charge in [0.05, 0.1) is 26.9 Å².